The Kier molecular flexibility index (Phi) is 17.5. The average Bonchev–Trinajstić information content (AvgIpc) is 3.21. The lowest BCUT2D eigenvalue weighted by Gasteiger charge is -1.90. The Labute approximate surface area is 170 Å². The van der Waals surface area contributed by atoms with Crippen molar-refractivity contribution in [3.05, 3.63) is 73.4 Å². The van der Waals surface area contributed by atoms with Crippen LogP contribution in [0.15, 0.2) is 42.6 Å². The van der Waals surface area contributed by atoms with E-state index in [1.807, 2.05) is 52.2 Å². The van der Waals surface area contributed by atoms with Gasteiger partial charge in [0.2, 0.25) is 0 Å². The van der Waals surface area contributed by atoms with Gasteiger partial charge in [-0.1, -0.05) is 63.1 Å². The Morgan fingerprint density at radius 1 is 0.538 bits per heavy atom. The molecular weight excluding hydrogens is 354 g/mol. The van der Waals surface area contributed by atoms with Gasteiger partial charge in [-0.05, 0) is 53.7 Å². The maximum Gasteiger partial charge on any atom is 0.0896 e. The van der Waals surface area contributed by atoms with Crippen molar-refractivity contribution in [3.63, 3.8) is 0 Å². The molecule has 3 aromatic rings. The number of hydrogen-bond donors (Lipinski definition) is 0. The Hall–Kier alpha value is -1.45. The van der Waals surface area contributed by atoms with Crippen LogP contribution in [-0.4, -0.2) is 4.98 Å². The van der Waals surface area contributed by atoms with Crippen LogP contribution in [0.3, 0.4) is 0 Å². The number of benzene rings is 1. The first-order chi connectivity index (χ1) is 12.4. The van der Waals surface area contributed by atoms with E-state index >= 15 is 0 Å². The SMILES string of the molecule is CC.CC.Cc1ccc(C)cc1.Cc1ccc(C)s1.Cc1cnc(C)s1. The molecule has 0 aliphatic heterocycles. The molecule has 0 aliphatic carbocycles. The minimum Gasteiger partial charge on any atom is -0.250 e. The van der Waals surface area contributed by atoms with Gasteiger partial charge in [-0.3, -0.25) is 0 Å². The second-order valence-corrected chi connectivity index (χ2v) is 8.23. The van der Waals surface area contributed by atoms with Crippen LogP contribution in [0, 0.1) is 41.5 Å². The Morgan fingerprint density at radius 3 is 1.08 bits per heavy atom. The maximum atomic E-state index is 4.03. The smallest absolute Gasteiger partial charge is 0.0896 e. The zero-order valence-electron chi connectivity index (χ0n) is 18.3. The van der Waals surface area contributed by atoms with Gasteiger partial charge in [0, 0.05) is 20.8 Å². The summed E-state index contributed by atoms with van der Waals surface area (Å²) in [6, 6.07) is 12.8. The average molecular weight is 392 g/mol. The highest BCUT2D eigenvalue weighted by Crippen LogP contribution is 2.12. The van der Waals surface area contributed by atoms with E-state index < -0.39 is 0 Å². The molecule has 0 N–H and O–H groups in total. The summed E-state index contributed by atoms with van der Waals surface area (Å²) < 4.78 is 0. The van der Waals surface area contributed by atoms with E-state index in [0.29, 0.717) is 0 Å². The molecule has 0 saturated carbocycles. The third kappa shape index (κ3) is 14.9. The topological polar surface area (TPSA) is 12.9 Å². The molecule has 0 amide bonds. The lowest BCUT2D eigenvalue weighted by atomic mass is 10.2. The van der Waals surface area contributed by atoms with Gasteiger partial charge in [0.1, 0.15) is 0 Å². The Bertz CT molecular complexity index is 571. The highest BCUT2D eigenvalue weighted by atomic mass is 32.1. The summed E-state index contributed by atoms with van der Waals surface area (Å²) in [6.45, 7) is 20.5. The molecule has 2 heterocycles. The van der Waals surface area contributed by atoms with E-state index in [1.165, 1.54) is 25.8 Å². The third-order valence-electron chi connectivity index (χ3n) is 2.83. The molecule has 2 aromatic heterocycles. The van der Waals surface area contributed by atoms with Crippen molar-refractivity contribution in [2.24, 2.45) is 0 Å². The molecule has 0 atom stereocenters. The molecule has 3 heteroatoms. The van der Waals surface area contributed by atoms with E-state index in [9.17, 15) is 0 Å². The zero-order valence-corrected chi connectivity index (χ0v) is 19.9. The van der Waals surface area contributed by atoms with Gasteiger partial charge >= 0.3 is 0 Å². The third-order valence-corrected chi connectivity index (χ3v) is 4.57. The molecule has 0 bridgehead atoms. The van der Waals surface area contributed by atoms with E-state index in [-0.39, 0.29) is 0 Å². The summed E-state index contributed by atoms with van der Waals surface area (Å²) in [5.74, 6) is 0. The van der Waals surface area contributed by atoms with Crippen molar-refractivity contribution in [3.8, 4) is 0 Å². The molecule has 0 radical (unpaired) electrons. The van der Waals surface area contributed by atoms with Gasteiger partial charge < -0.3 is 0 Å². The second kappa shape index (κ2) is 17.0. The van der Waals surface area contributed by atoms with E-state index in [2.05, 4.69) is 76.0 Å². The number of aromatic nitrogens is 1. The van der Waals surface area contributed by atoms with Gasteiger partial charge in [-0.25, -0.2) is 4.98 Å². The largest absolute Gasteiger partial charge is 0.250 e. The summed E-state index contributed by atoms with van der Waals surface area (Å²) in [4.78, 5) is 8.12. The van der Waals surface area contributed by atoms with Crippen LogP contribution in [0.2, 0.25) is 0 Å². The monoisotopic (exact) mass is 391 g/mol. The summed E-state index contributed by atoms with van der Waals surface area (Å²) in [5.41, 5.74) is 2.66. The lowest BCUT2D eigenvalue weighted by Crippen LogP contribution is -1.70. The molecule has 3 rings (SSSR count). The van der Waals surface area contributed by atoms with Crippen LogP contribution in [0.5, 0.6) is 0 Å². The standard InChI is InChI=1S/C8H10.C6H8S.C5H7NS.2C2H6/c1-7-3-5-8(2)6-4-7;1-5-3-4-6(2)7-5;1-4-3-6-5(2)7-4;2*1-2/h3-6H,1-2H3;3-4H,1-2H3;3H,1-2H3;2*1-2H3. The molecule has 146 valence electrons. The Balaban J connectivity index is 0. The molecule has 0 aliphatic rings. The second-order valence-electron chi connectivity index (χ2n) is 5.30. The first kappa shape index (κ1) is 26.8. The summed E-state index contributed by atoms with van der Waals surface area (Å²) in [5, 5.41) is 1.15. The molecule has 1 nitrogen and oxygen atoms in total. The normalized spacial score (nSPS) is 8.38. The van der Waals surface area contributed by atoms with Gasteiger partial charge in [0.25, 0.3) is 0 Å². The zero-order chi connectivity index (χ0) is 20.5. The quantitative estimate of drug-likeness (QED) is 0.374. The highest BCUT2D eigenvalue weighted by molar-refractivity contribution is 7.11. The summed E-state index contributed by atoms with van der Waals surface area (Å²) in [6.07, 6.45) is 1.89. The van der Waals surface area contributed by atoms with Crippen LogP contribution in [-0.2, 0) is 0 Å². The van der Waals surface area contributed by atoms with Crippen molar-refractivity contribution < 1.29 is 0 Å². The number of hydrogen-bond acceptors (Lipinski definition) is 3. The molecule has 0 spiro atoms. The fourth-order valence-electron chi connectivity index (χ4n) is 1.66. The molecule has 0 fully saturated rings. The molecule has 0 saturated heterocycles. The van der Waals surface area contributed by atoms with Crippen LogP contribution < -0.4 is 0 Å². The van der Waals surface area contributed by atoms with Crippen molar-refractivity contribution in [1.82, 2.24) is 4.98 Å². The number of thiazole rings is 1. The van der Waals surface area contributed by atoms with E-state index in [1.54, 1.807) is 11.3 Å². The summed E-state index contributed by atoms with van der Waals surface area (Å²) in [7, 11) is 0. The van der Waals surface area contributed by atoms with Gasteiger partial charge in [-0.15, -0.1) is 22.7 Å². The van der Waals surface area contributed by atoms with Crippen LogP contribution in [0.1, 0.15) is 58.5 Å². The van der Waals surface area contributed by atoms with Crippen LogP contribution in [0.4, 0.5) is 0 Å². The first-order valence-electron chi connectivity index (χ1n) is 9.32. The van der Waals surface area contributed by atoms with Gasteiger partial charge in [-0.2, -0.15) is 0 Å². The van der Waals surface area contributed by atoms with Crippen LogP contribution >= 0.6 is 22.7 Å². The number of nitrogens with zero attached hydrogens (tertiary/aromatic N) is 1. The minimum absolute atomic E-state index is 1.15. The van der Waals surface area contributed by atoms with Crippen molar-refractivity contribution >= 4 is 22.7 Å². The number of rotatable bonds is 0. The minimum atomic E-state index is 1.15. The fraction of sp³-hybridized carbons (Fsp3) is 0.435. The van der Waals surface area contributed by atoms with Crippen molar-refractivity contribution in [2.45, 2.75) is 69.2 Å². The van der Waals surface area contributed by atoms with Crippen molar-refractivity contribution in [2.75, 3.05) is 0 Å². The van der Waals surface area contributed by atoms with Gasteiger partial charge in [0.05, 0.1) is 5.01 Å². The van der Waals surface area contributed by atoms with Gasteiger partial charge in [0.15, 0.2) is 0 Å². The molecule has 0 unspecified atom stereocenters. The first-order valence-corrected chi connectivity index (χ1v) is 11.0. The molecular formula is C23H37NS2. The molecule has 1 aromatic carbocycles. The predicted octanol–water partition coefficient (Wildman–Crippen LogP) is 8.48. The highest BCUT2D eigenvalue weighted by Gasteiger charge is 1.86. The summed E-state index contributed by atoms with van der Waals surface area (Å²) >= 11 is 3.57. The predicted molar refractivity (Wildman–Crippen MR) is 124 cm³/mol. The number of aryl methyl sites for hydroxylation is 6. The van der Waals surface area contributed by atoms with E-state index in [0.717, 1.165) is 5.01 Å². The van der Waals surface area contributed by atoms with Crippen LogP contribution in [0.25, 0.3) is 0 Å². The molecule has 26 heavy (non-hydrogen) atoms. The number of thiophene rings is 1. The Morgan fingerprint density at radius 2 is 0.923 bits per heavy atom. The maximum absolute atomic E-state index is 4.03. The lowest BCUT2D eigenvalue weighted by molar-refractivity contribution is 1.28. The van der Waals surface area contributed by atoms with E-state index in [4.69, 9.17) is 0 Å². The fourth-order valence-corrected chi connectivity index (χ4v) is 3.12. The van der Waals surface area contributed by atoms with Crippen molar-refractivity contribution in [1.29, 1.82) is 0 Å².